The molecule has 1 rings (SSSR count). The minimum atomic E-state index is -0.626. The van der Waals surface area contributed by atoms with Crippen LogP contribution in [0.15, 0.2) is 30.9 Å². The van der Waals surface area contributed by atoms with Crippen molar-refractivity contribution in [1.82, 2.24) is 0 Å². The number of nitro groups is 1. The van der Waals surface area contributed by atoms with Gasteiger partial charge in [0.2, 0.25) is 0 Å². The maximum atomic E-state index is 12.8. The van der Waals surface area contributed by atoms with Crippen LogP contribution in [0.25, 0.3) is 0 Å². The topological polar surface area (TPSA) is 55.2 Å². The fraction of sp³-hybridized carbons (Fsp3) is 0.200. The molecule has 0 saturated heterocycles. The first-order valence-electron chi connectivity index (χ1n) is 4.37. The highest BCUT2D eigenvalue weighted by Gasteiger charge is 2.15. The van der Waals surface area contributed by atoms with Crippen LogP contribution in [0.2, 0.25) is 0 Å². The van der Waals surface area contributed by atoms with Crippen molar-refractivity contribution >= 4 is 11.4 Å². The lowest BCUT2D eigenvalue weighted by Gasteiger charge is -2.10. The Bertz CT molecular complexity index is 393. The van der Waals surface area contributed by atoms with Crippen molar-refractivity contribution in [2.75, 3.05) is 5.32 Å². The highest BCUT2D eigenvalue weighted by molar-refractivity contribution is 5.62. The highest BCUT2D eigenvalue weighted by atomic mass is 19.1. The van der Waals surface area contributed by atoms with Gasteiger partial charge in [-0.25, -0.2) is 4.39 Å². The number of hydrogen-bond donors (Lipinski definition) is 1. The van der Waals surface area contributed by atoms with Crippen molar-refractivity contribution in [2.24, 2.45) is 0 Å². The van der Waals surface area contributed by atoms with Gasteiger partial charge in [0.25, 0.3) is 5.69 Å². The van der Waals surface area contributed by atoms with E-state index in [2.05, 4.69) is 11.9 Å². The zero-order valence-corrected chi connectivity index (χ0v) is 8.24. The molecule has 1 aromatic rings. The lowest BCUT2D eigenvalue weighted by molar-refractivity contribution is -0.384. The molecule has 1 aromatic carbocycles. The third-order valence-corrected chi connectivity index (χ3v) is 1.89. The van der Waals surface area contributed by atoms with Gasteiger partial charge in [-0.3, -0.25) is 10.1 Å². The molecule has 4 nitrogen and oxygen atoms in total. The first-order valence-corrected chi connectivity index (χ1v) is 4.37. The van der Waals surface area contributed by atoms with Crippen LogP contribution in [-0.2, 0) is 0 Å². The van der Waals surface area contributed by atoms with E-state index in [9.17, 15) is 14.5 Å². The Balaban J connectivity index is 3.05. The minimum Gasteiger partial charge on any atom is -0.374 e. The average molecular weight is 210 g/mol. The molecule has 0 bridgehead atoms. The van der Waals surface area contributed by atoms with Crippen LogP contribution in [0.1, 0.15) is 6.92 Å². The number of rotatable bonds is 4. The molecule has 1 unspecified atom stereocenters. The molecule has 0 spiro atoms. The SMILES string of the molecule is C=CC(C)Nc1ccc(F)cc1[N+](=O)[O-]. The first kappa shape index (κ1) is 11.2. The van der Waals surface area contributed by atoms with Gasteiger partial charge in [-0.15, -0.1) is 6.58 Å². The van der Waals surface area contributed by atoms with Gasteiger partial charge in [-0.1, -0.05) is 6.08 Å². The summed E-state index contributed by atoms with van der Waals surface area (Å²) in [5.74, 6) is -0.626. The van der Waals surface area contributed by atoms with Crippen LogP contribution < -0.4 is 5.32 Å². The second-order valence-electron chi connectivity index (χ2n) is 3.09. The van der Waals surface area contributed by atoms with Crippen LogP contribution >= 0.6 is 0 Å². The zero-order chi connectivity index (χ0) is 11.4. The van der Waals surface area contributed by atoms with E-state index in [4.69, 9.17) is 0 Å². The van der Waals surface area contributed by atoms with Gasteiger partial charge in [0.15, 0.2) is 0 Å². The lowest BCUT2D eigenvalue weighted by atomic mass is 10.2. The van der Waals surface area contributed by atoms with Crippen molar-refractivity contribution in [3.8, 4) is 0 Å². The molecule has 0 radical (unpaired) electrons. The summed E-state index contributed by atoms with van der Waals surface area (Å²) in [6.07, 6.45) is 1.60. The molecule has 80 valence electrons. The fourth-order valence-corrected chi connectivity index (χ4v) is 1.08. The molecular weight excluding hydrogens is 199 g/mol. The van der Waals surface area contributed by atoms with Crippen LogP contribution in [0.4, 0.5) is 15.8 Å². The molecule has 1 atom stereocenters. The van der Waals surface area contributed by atoms with E-state index in [0.717, 1.165) is 6.07 Å². The number of nitrogens with one attached hydrogen (secondary N) is 1. The molecule has 1 N–H and O–H groups in total. The molecule has 0 saturated carbocycles. The number of benzene rings is 1. The Kier molecular flexibility index (Phi) is 3.38. The van der Waals surface area contributed by atoms with Gasteiger partial charge in [-0.05, 0) is 19.1 Å². The maximum absolute atomic E-state index is 12.8. The lowest BCUT2D eigenvalue weighted by Crippen LogP contribution is -2.12. The van der Waals surface area contributed by atoms with E-state index in [1.807, 2.05) is 0 Å². The third-order valence-electron chi connectivity index (χ3n) is 1.89. The fourth-order valence-electron chi connectivity index (χ4n) is 1.08. The number of nitro benzene ring substituents is 1. The van der Waals surface area contributed by atoms with Gasteiger partial charge in [0.05, 0.1) is 11.0 Å². The summed E-state index contributed by atoms with van der Waals surface area (Å²) in [5.41, 5.74) is 0.0116. The summed E-state index contributed by atoms with van der Waals surface area (Å²) in [4.78, 5) is 9.99. The van der Waals surface area contributed by atoms with Crippen molar-refractivity contribution in [2.45, 2.75) is 13.0 Å². The van der Waals surface area contributed by atoms with Gasteiger partial charge in [0.1, 0.15) is 11.5 Å². The third kappa shape index (κ3) is 2.77. The second-order valence-corrected chi connectivity index (χ2v) is 3.09. The standard InChI is InChI=1S/C10H11FN2O2/c1-3-7(2)12-9-5-4-8(11)6-10(9)13(14)15/h3-7,12H,1H2,2H3. The normalized spacial score (nSPS) is 11.9. The van der Waals surface area contributed by atoms with E-state index in [1.54, 1.807) is 13.0 Å². The number of anilines is 1. The van der Waals surface area contributed by atoms with Gasteiger partial charge in [0, 0.05) is 6.04 Å². The Morgan fingerprint density at radius 2 is 2.33 bits per heavy atom. The van der Waals surface area contributed by atoms with Crippen molar-refractivity contribution in [1.29, 1.82) is 0 Å². The summed E-state index contributed by atoms with van der Waals surface area (Å²) in [5, 5.41) is 13.5. The van der Waals surface area contributed by atoms with Gasteiger partial charge >= 0.3 is 0 Å². The minimum absolute atomic E-state index is 0.117. The van der Waals surface area contributed by atoms with E-state index >= 15 is 0 Å². The molecule has 15 heavy (non-hydrogen) atoms. The first-order chi connectivity index (χ1) is 7.04. The van der Waals surface area contributed by atoms with Crippen LogP contribution in [-0.4, -0.2) is 11.0 Å². The average Bonchev–Trinajstić information content (AvgIpc) is 2.20. The number of halogens is 1. The summed E-state index contributed by atoms with van der Waals surface area (Å²) in [6.45, 7) is 5.33. The smallest absolute Gasteiger partial charge is 0.295 e. The molecule has 0 aliphatic heterocycles. The molecule has 0 heterocycles. The van der Waals surface area contributed by atoms with Crippen LogP contribution in [0.3, 0.4) is 0 Å². The van der Waals surface area contributed by atoms with Gasteiger partial charge < -0.3 is 5.32 Å². The Morgan fingerprint density at radius 3 is 2.87 bits per heavy atom. The highest BCUT2D eigenvalue weighted by Crippen LogP contribution is 2.25. The van der Waals surface area contributed by atoms with E-state index in [-0.39, 0.29) is 17.4 Å². The molecular formula is C10H11FN2O2. The molecule has 0 aliphatic rings. The van der Waals surface area contributed by atoms with E-state index in [0.29, 0.717) is 0 Å². The monoisotopic (exact) mass is 210 g/mol. The number of nitrogens with zero attached hydrogens (tertiary/aromatic N) is 1. The van der Waals surface area contributed by atoms with Crippen molar-refractivity contribution in [3.05, 3.63) is 46.8 Å². The quantitative estimate of drug-likeness (QED) is 0.472. The second kappa shape index (κ2) is 4.54. The predicted molar refractivity (Wildman–Crippen MR) is 56.3 cm³/mol. The molecule has 0 aromatic heterocycles. The maximum Gasteiger partial charge on any atom is 0.295 e. The predicted octanol–water partition coefficient (Wildman–Crippen LogP) is 2.72. The van der Waals surface area contributed by atoms with E-state index < -0.39 is 10.7 Å². The Hall–Kier alpha value is -1.91. The molecule has 0 amide bonds. The van der Waals surface area contributed by atoms with Crippen molar-refractivity contribution in [3.63, 3.8) is 0 Å². The Labute approximate surface area is 86.6 Å². The molecule has 0 aliphatic carbocycles. The largest absolute Gasteiger partial charge is 0.374 e. The molecule has 5 heteroatoms. The number of hydrogen-bond acceptors (Lipinski definition) is 3. The summed E-state index contributed by atoms with van der Waals surface area (Å²) in [7, 11) is 0. The molecule has 0 fully saturated rings. The Morgan fingerprint density at radius 1 is 1.67 bits per heavy atom. The van der Waals surface area contributed by atoms with Crippen LogP contribution in [0.5, 0.6) is 0 Å². The van der Waals surface area contributed by atoms with E-state index in [1.165, 1.54) is 12.1 Å². The summed E-state index contributed by atoms with van der Waals surface area (Å²) >= 11 is 0. The van der Waals surface area contributed by atoms with Crippen molar-refractivity contribution < 1.29 is 9.31 Å². The summed E-state index contributed by atoms with van der Waals surface area (Å²) < 4.78 is 12.8. The van der Waals surface area contributed by atoms with Crippen LogP contribution in [0, 0.1) is 15.9 Å². The van der Waals surface area contributed by atoms with Gasteiger partial charge in [-0.2, -0.15) is 0 Å². The summed E-state index contributed by atoms with van der Waals surface area (Å²) in [6, 6.07) is 3.28. The zero-order valence-electron chi connectivity index (χ0n) is 8.24.